The lowest BCUT2D eigenvalue weighted by atomic mass is 10.1. The van der Waals surface area contributed by atoms with E-state index in [1.807, 2.05) is 43.3 Å². The topological polar surface area (TPSA) is 118 Å². The Bertz CT molecular complexity index is 946. The predicted octanol–water partition coefficient (Wildman–Crippen LogP) is 3.69. The van der Waals surface area contributed by atoms with Crippen LogP contribution in [0.25, 0.3) is 11.5 Å². The molecule has 0 saturated heterocycles. The molecule has 8 nitrogen and oxygen atoms in total. The van der Waals surface area contributed by atoms with Crippen LogP contribution in [0.4, 0.5) is 11.4 Å². The molecule has 3 aromatic rings. The molecule has 0 aliphatic carbocycles. The maximum absolute atomic E-state index is 10.8. The molecule has 3 rings (SSSR count). The second-order valence-electron chi connectivity index (χ2n) is 5.29. The van der Waals surface area contributed by atoms with Gasteiger partial charge in [-0.25, -0.2) is 0 Å². The Morgan fingerprint density at radius 1 is 1.28 bits per heavy atom. The Kier molecular flexibility index (Phi) is 4.39. The minimum Gasteiger partial charge on any atom is -0.374 e. The fourth-order valence-electron chi connectivity index (χ4n) is 2.27. The highest BCUT2D eigenvalue weighted by molar-refractivity contribution is 5.62. The number of aromatic nitrogens is 2. The molecule has 1 aromatic heterocycles. The summed E-state index contributed by atoms with van der Waals surface area (Å²) in [5.74, 6) is 0.814. The molecule has 1 N–H and O–H groups in total. The van der Waals surface area contributed by atoms with Crippen LogP contribution in [0, 0.1) is 21.4 Å². The second kappa shape index (κ2) is 6.80. The molecule has 0 saturated carbocycles. The van der Waals surface area contributed by atoms with Crippen molar-refractivity contribution in [3.05, 3.63) is 70.0 Å². The van der Waals surface area contributed by atoms with Crippen LogP contribution in [0.2, 0.25) is 0 Å². The zero-order valence-electron chi connectivity index (χ0n) is 13.2. The van der Waals surface area contributed by atoms with Crippen molar-refractivity contribution < 1.29 is 9.45 Å². The van der Waals surface area contributed by atoms with Gasteiger partial charge in [0.25, 0.3) is 11.6 Å². The van der Waals surface area contributed by atoms with Gasteiger partial charge in [0.2, 0.25) is 0 Å². The lowest BCUT2D eigenvalue weighted by Gasteiger charge is -2.12. The van der Waals surface area contributed by atoms with E-state index in [-0.39, 0.29) is 17.3 Å². The minimum absolute atomic E-state index is 0.138. The first-order valence-electron chi connectivity index (χ1n) is 7.42. The van der Waals surface area contributed by atoms with Crippen LogP contribution in [0.3, 0.4) is 0 Å². The van der Waals surface area contributed by atoms with Crippen molar-refractivity contribution in [2.75, 3.05) is 5.32 Å². The van der Waals surface area contributed by atoms with E-state index in [4.69, 9.17) is 4.52 Å². The van der Waals surface area contributed by atoms with Gasteiger partial charge in [0.05, 0.1) is 22.2 Å². The second-order valence-corrected chi connectivity index (χ2v) is 5.29. The largest absolute Gasteiger partial charge is 0.374 e. The van der Waals surface area contributed by atoms with E-state index in [1.165, 1.54) is 18.2 Å². The summed E-state index contributed by atoms with van der Waals surface area (Å²) in [7, 11) is 0. The lowest BCUT2D eigenvalue weighted by molar-refractivity contribution is -0.384. The summed E-state index contributed by atoms with van der Waals surface area (Å²) in [5, 5.41) is 27.0. The third-order valence-electron chi connectivity index (χ3n) is 3.56. The van der Waals surface area contributed by atoms with Crippen LogP contribution in [-0.2, 0) is 0 Å². The summed E-state index contributed by atoms with van der Waals surface area (Å²) in [4.78, 5) is 14.6. The van der Waals surface area contributed by atoms with Gasteiger partial charge in [-0.1, -0.05) is 23.4 Å². The maximum Gasteiger partial charge on any atom is 0.270 e. The number of rotatable bonds is 5. The van der Waals surface area contributed by atoms with Crippen molar-refractivity contribution in [1.82, 2.24) is 10.1 Å². The van der Waals surface area contributed by atoms with Crippen LogP contribution >= 0.6 is 0 Å². The van der Waals surface area contributed by atoms with Crippen molar-refractivity contribution in [2.24, 2.45) is 0 Å². The third-order valence-corrected chi connectivity index (χ3v) is 3.56. The van der Waals surface area contributed by atoms with E-state index in [1.54, 1.807) is 0 Å². The number of hydrogen-bond donors (Lipinski definition) is 1. The maximum atomic E-state index is 10.8. The van der Waals surface area contributed by atoms with E-state index in [2.05, 4.69) is 15.5 Å². The monoisotopic (exact) mass is 335 g/mol. The normalized spacial score (nSPS) is 11.5. The Labute approximate surface area is 142 Å². The van der Waals surface area contributed by atoms with Gasteiger partial charge in [0.15, 0.2) is 5.82 Å². The highest BCUT2D eigenvalue weighted by Crippen LogP contribution is 2.26. The molecule has 8 heteroatoms. The Balaban J connectivity index is 1.81. The number of nitro groups is 1. The zero-order chi connectivity index (χ0) is 17.8. The molecule has 25 heavy (non-hydrogen) atoms. The van der Waals surface area contributed by atoms with E-state index >= 15 is 0 Å². The van der Waals surface area contributed by atoms with Crippen LogP contribution in [0.5, 0.6) is 0 Å². The molecular formula is C17H13N5O3. The quantitative estimate of drug-likeness (QED) is 0.558. The molecule has 1 heterocycles. The molecule has 0 aliphatic heterocycles. The van der Waals surface area contributed by atoms with Gasteiger partial charge < -0.3 is 9.84 Å². The highest BCUT2D eigenvalue weighted by Gasteiger charge is 2.17. The van der Waals surface area contributed by atoms with Gasteiger partial charge in [0, 0.05) is 17.7 Å². The zero-order valence-corrected chi connectivity index (χ0v) is 13.2. The highest BCUT2D eigenvalue weighted by atomic mass is 16.6. The van der Waals surface area contributed by atoms with Crippen LogP contribution in [0.1, 0.15) is 24.4 Å². The third kappa shape index (κ3) is 3.45. The van der Waals surface area contributed by atoms with Crippen molar-refractivity contribution in [3.8, 4) is 17.5 Å². The fourth-order valence-corrected chi connectivity index (χ4v) is 2.27. The van der Waals surface area contributed by atoms with Gasteiger partial charge >= 0.3 is 0 Å². The molecule has 0 aliphatic rings. The first kappa shape index (κ1) is 16.1. The summed E-state index contributed by atoms with van der Waals surface area (Å²) in [5.41, 5.74) is 1.31. The molecule has 0 fully saturated rings. The first-order valence-corrected chi connectivity index (χ1v) is 7.42. The van der Waals surface area contributed by atoms with Gasteiger partial charge in [-0.3, -0.25) is 10.1 Å². The summed E-state index contributed by atoms with van der Waals surface area (Å²) >= 11 is 0. The molecule has 2 aromatic carbocycles. The smallest absolute Gasteiger partial charge is 0.270 e. The molecule has 1 atom stereocenters. The molecule has 1 unspecified atom stereocenters. The SMILES string of the molecule is CC(Nc1ccc([N+](=O)[O-])cc1C#N)c1noc(-c2ccccc2)n1. The average Bonchev–Trinajstić information content (AvgIpc) is 3.13. The van der Waals surface area contributed by atoms with Crippen molar-refractivity contribution in [3.63, 3.8) is 0 Å². The number of nitrogens with one attached hydrogen (secondary N) is 1. The Morgan fingerprint density at radius 2 is 2.04 bits per heavy atom. The van der Waals surface area contributed by atoms with E-state index in [0.717, 1.165) is 5.56 Å². The van der Waals surface area contributed by atoms with Gasteiger partial charge in [-0.15, -0.1) is 0 Å². The Morgan fingerprint density at radius 3 is 2.72 bits per heavy atom. The summed E-state index contributed by atoms with van der Waals surface area (Å²) in [6, 6.07) is 15.0. The van der Waals surface area contributed by atoms with Gasteiger partial charge in [0.1, 0.15) is 6.07 Å². The average molecular weight is 335 g/mol. The summed E-state index contributed by atoms with van der Waals surface area (Å²) in [6.07, 6.45) is 0. The van der Waals surface area contributed by atoms with E-state index in [9.17, 15) is 15.4 Å². The standard InChI is InChI=1S/C17H13N5O3/c1-11(16-20-17(25-21-16)12-5-3-2-4-6-12)19-15-8-7-14(22(23)24)9-13(15)10-18/h2-9,11,19H,1H3. The number of anilines is 1. The van der Waals surface area contributed by atoms with Gasteiger partial charge in [-0.05, 0) is 25.1 Å². The summed E-state index contributed by atoms with van der Waals surface area (Å²) in [6.45, 7) is 1.81. The first-order chi connectivity index (χ1) is 12.1. The molecule has 124 valence electrons. The number of benzene rings is 2. The predicted molar refractivity (Wildman–Crippen MR) is 89.6 cm³/mol. The number of non-ortho nitro benzene ring substituents is 1. The van der Waals surface area contributed by atoms with Crippen LogP contribution < -0.4 is 5.32 Å². The molecule has 0 bridgehead atoms. The van der Waals surface area contributed by atoms with E-state index < -0.39 is 4.92 Å². The minimum atomic E-state index is -0.542. The van der Waals surface area contributed by atoms with Crippen molar-refractivity contribution in [1.29, 1.82) is 5.26 Å². The fraction of sp³-hybridized carbons (Fsp3) is 0.118. The van der Waals surface area contributed by atoms with Crippen molar-refractivity contribution in [2.45, 2.75) is 13.0 Å². The molecule has 0 amide bonds. The van der Waals surface area contributed by atoms with Gasteiger partial charge in [-0.2, -0.15) is 10.2 Å². The molecule has 0 radical (unpaired) electrons. The molecule has 0 spiro atoms. The number of nitrogens with zero attached hydrogens (tertiary/aromatic N) is 4. The summed E-state index contributed by atoms with van der Waals surface area (Å²) < 4.78 is 5.26. The van der Waals surface area contributed by atoms with Crippen LogP contribution in [-0.4, -0.2) is 15.1 Å². The lowest BCUT2D eigenvalue weighted by Crippen LogP contribution is -2.09. The number of hydrogen-bond acceptors (Lipinski definition) is 7. The molecular weight excluding hydrogens is 322 g/mol. The van der Waals surface area contributed by atoms with E-state index in [0.29, 0.717) is 17.4 Å². The van der Waals surface area contributed by atoms with Crippen LogP contribution in [0.15, 0.2) is 53.1 Å². The Hall–Kier alpha value is -3.73. The number of nitriles is 1. The number of nitro benzene ring substituents is 1. The van der Waals surface area contributed by atoms with Crippen molar-refractivity contribution >= 4 is 11.4 Å².